The van der Waals surface area contributed by atoms with Crippen molar-refractivity contribution in [1.29, 1.82) is 0 Å². The molecule has 0 radical (unpaired) electrons. The number of nitrogens with two attached hydrogens (primary N) is 2. The van der Waals surface area contributed by atoms with Crippen molar-refractivity contribution in [2.75, 3.05) is 7.11 Å². The van der Waals surface area contributed by atoms with E-state index in [0.717, 1.165) is 17.7 Å². The summed E-state index contributed by atoms with van der Waals surface area (Å²) < 4.78 is 44.1. The minimum atomic E-state index is -2.26. The number of rotatable bonds is 9. The number of allylic oxidation sites excluding steroid dienone is 1. The largest absolute Gasteiger partial charge is 0.550 e. The van der Waals surface area contributed by atoms with Crippen molar-refractivity contribution in [3.63, 3.8) is 0 Å². The zero-order valence-electron chi connectivity index (χ0n) is 19.3. The number of nitrogens with one attached hydrogen (secondary N) is 1. The lowest BCUT2D eigenvalue weighted by atomic mass is 10.1. The monoisotopic (exact) mass is 532 g/mol. The Kier molecular flexibility index (Phi) is 8.76. The van der Waals surface area contributed by atoms with Gasteiger partial charge < -0.3 is 16.2 Å². The highest BCUT2D eigenvalue weighted by molar-refractivity contribution is 7.48. The number of benzene rings is 2. The van der Waals surface area contributed by atoms with Gasteiger partial charge in [0, 0.05) is 11.9 Å². The summed E-state index contributed by atoms with van der Waals surface area (Å²) in [6.45, 7) is 1.59. The molecule has 12 heteroatoms. The van der Waals surface area contributed by atoms with E-state index < -0.39 is 42.7 Å². The van der Waals surface area contributed by atoms with Crippen LogP contribution in [0.5, 0.6) is 0 Å². The number of aliphatic imine (C=N–C) groups is 1. The average molecular weight is 533 g/mol. The first-order valence-corrected chi connectivity index (χ1v) is 12.5. The fourth-order valence-corrected chi connectivity index (χ4v) is 4.59. The molecule has 0 bridgehead atoms. The van der Waals surface area contributed by atoms with Crippen LogP contribution in [-0.2, 0) is 20.4 Å². The van der Waals surface area contributed by atoms with Gasteiger partial charge in [-0.15, -0.1) is 4.52 Å². The van der Waals surface area contributed by atoms with E-state index in [-0.39, 0.29) is 28.8 Å². The summed E-state index contributed by atoms with van der Waals surface area (Å²) in [5.74, 6) is -4.03. The van der Waals surface area contributed by atoms with Gasteiger partial charge in [-0.05, 0) is 58.3 Å². The number of carbonyl (C=O) groups excluding carboxylic acids is 1. The van der Waals surface area contributed by atoms with Gasteiger partial charge in [-0.2, -0.15) is 11.3 Å². The Balaban J connectivity index is 2.03. The van der Waals surface area contributed by atoms with Crippen LogP contribution in [0.4, 0.5) is 14.5 Å². The highest BCUT2D eigenvalue weighted by atomic mass is 32.1. The molecule has 1 amide bonds. The van der Waals surface area contributed by atoms with Gasteiger partial charge in [-0.1, -0.05) is 12.1 Å². The highest BCUT2D eigenvalue weighted by Gasteiger charge is 2.29. The van der Waals surface area contributed by atoms with Crippen molar-refractivity contribution in [2.45, 2.75) is 13.5 Å². The molecule has 3 aromatic rings. The van der Waals surface area contributed by atoms with E-state index in [2.05, 4.69) is 10.3 Å². The molecule has 8 nitrogen and oxygen atoms in total. The first-order valence-electron chi connectivity index (χ1n) is 10.4. The molecule has 0 saturated heterocycles. The van der Waals surface area contributed by atoms with E-state index in [9.17, 15) is 23.2 Å². The van der Waals surface area contributed by atoms with Gasteiger partial charge in [-0.3, -0.25) is 10.2 Å². The molecule has 0 spiro atoms. The molecular formula is C24H23F2N4O4PS+2. The third kappa shape index (κ3) is 6.25. The van der Waals surface area contributed by atoms with Gasteiger partial charge in [-0.25, -0.2) is 13.8 Å². The minimum Gasteiger partial charge on any atom is -0.502 e. The number of amidine groups is 1. The quantitative estimate of drug-likeness (QED) is 0.110. The molecule has 1 unspecified atom stereocenters. The Bertz CT molecular complexity index is 1390. The van der Waals surface area contributed by atoms with E-state index in [1.165, 1.54) is 24.5 Å². The van der Waals surface area contributed by atoms with Crippen molar-refractivity contribution in [3.05, 3.63) is 92.9 Å². The van der Waals surface area contributed by atoms with E-state index in [0.29, 0.717) is 5.56 Å². The lowest BCUT2D eigenvalue weighted by molar-refractivity contribution is -0.119. The van der Waals surface area contributed by atoms with Crippen LogP contribution in [0.3, 0.4) is 0 Å². The van der Waals surface area contributed by atoms with Gasteiger partial charge in [0.15, 0.2) is 11.6 Å². The number of nitrogens with zero attached hydrogens (tertiary/aromatic N) is 1. The predicted octanol–water partition coefficient (Wildman–Crippen LogP) is 2.71. The van der Waals surface area contributed by atoms with E-state index in [4.69, 9.17) is 15.7 Å². The third-order valence-electron chi connectivity index (χ3n) is 4.98. The summed E-state index contributed by atoms with van der Waals surface area (Å²) in [6, 6.07) is 9.65. The maximum absolute atomic E-state index is 13.6. The van der Waals surface area contributed by atoms with Crippen LogP contribution in [0.1, 0.15) is 16.7 Å². The number of thiophene rings is 1. The third-order valence-corrected chi connectivity index (χ3v) is 6.75. The number of hydrogen-bond donors (Lipinski definition) is 4. The number of amides is 1. The smallest absolute Gasteiger partial charge is 0.502 e. The van der Waals surface area contributed by atoms with Crippen LogP contribution >= 0.6 is 19.4 Å². The predicted molar refractivity (Wildman–Crippen MR) is 135 cm³/mol. The first kappa shape index (κ1) is 26.8. The maximum Gasteiger partial charge on any atom is 0.550 e. The number of hydrogen-bond acceptors (Lipinski definition) is 6. The van der Waals surface area contributed by atoms with Gasteiger partial charge >= 0.3 is 8.03 Å². The van der Waals surface area contributed by atoms with E-state index in [1.54, 1.807) is 41.9 Å². The van der Waals surface area contributed by atoms with Crippen LogP contribution < -0.4 is 21.8 Å². The standard InChI is InChI=1S/C24H21F2N4O4PS/c1-13-3-6-18(19(9-13)35(33)34-2)30-23(28)20(22(31)21(27)15-7-8-36-12-15)24(32)29-11-14-4-5-16(25)17(26)10-14/h3-10,12,27H,11H2,1-2H3,(H3-,28,29,30,31,32,33)/p+2. The maximum atomic E-state index is 13.6. The molecule has 1 heterocycles. The zero-order valence-corrected chi connectivity index (χ0v) is 21.0. The molecule has 3 rings (SSSR count). The van der Waals surface area contributed by atoms with Crippen molar-refractivity contribution >= 4 is 47.8 Å². The number of aliphatic hydroxyl groups is 1. The number of carbonyl (C=O) groups is 1. The van der Waals surface area contributed by atoms with Crippen molar-refractivity contribution < 1.29 is 33.2 Å². The van der Waals surface area contributed by atoms with E-state index >= 15 is 0 Å². The molecule has 36 heavy (non-hydrogen) atoms. The minimum absolute atomic E-state index is 0.125. The molecule has 186 valence electrons. The first-order chi connectivity index (χ1) is 17.1. The molecule has 2 aromatic carbocycles. The Hall–Kier alpha value is -3.79. The SMILES string of the molecule is CO[P+](=O)c1cc(C)ccc1N=C(N)C(C(=O)NCc1ccc(F)c(F)c1)=C(O)C(=[NH2+])c1ccsc1. The fourth-order valence-electron chi connectivity index (χ4n) is 3.11. The second-order valence-electron chi connectivity index (χ2n) is 7.51. The Morgan fingerprint density at radius 3 is 2.61 bits per heavy atom. The number of halogens is 2. The van der Waals surface area contributed by atoms with Gasteiger partial charge in [0.2, 0.25) is 16.8 Å². The molecule has 0 aliphatic rings. The summed E-state index contributed by atoms with van der Waals surface area (Å²) >= 11 is 1.33. The molecule has 6 N–H and O–H groups in total. The van der Waals surface area contributed by atoms with Crippen LogP contribution in [0.2, 0.25) is 0 Å². The van der Waals surface area contributed by atoms with Crippen LogP contribution in [-0.4, -0.2) is 29.7 Å². The number of aliphatic hydroxyl groups excluding tert-OH is 1. The Morgan fingerprint density at radius 2 is 1.97 bits per heavy atom. The zero-order chi connectivity index (χ0) is 26.4. The lowest BCUT2D eigenvalue weighted by Gasteiger charge is -2.11. The normalized spacial score (nSPS) is 12.7. The number of aryl methyl sites for hydroxylation is 1. The average Bonchev–Trinajstić information content (AvgIpc) is 3.40. The Labute approximate surface area is 210 Å². The molecule has 1 aromatic heterocycles. The van der Waals surface area contributed by atoms with E-state index in [1.807, 2.05) is 0 Å². The lowest BCUT2D eigenvalue weighted by Crippen LogP contribution is -2.44. The van der Waals surface area contributed by atoms with Gasteiger partial charge in [0.1, 0.15) is 17.1 Å². The highest BCUT2D eigenvalue weighted by Crippen LogP contribution is 2.28. The summed E-state index contributed by atoms with van der Waals surface area (Å²) in [5, 5.41) is 23.1. The summed E-state index contributed by atoms with van der Waals surface area (Å²) in [5.41, 5.74) is 7.26. The molecule has 1 atom stereocenters. The van der Waals surface area contributed by atoms with Crippen molar-refractivity contribution in [2.24, 2.45) is 10.7 Å². The molecule has 0 aliphatic carbocycles. The topological polar surface area (TPSA) is 140 Å². The molecule has 0 saturated carbocycles. The molecular weight excluding hydrogens is 509 g/mol. The van der Waals surface area contributed by atoms with Crippen LogP contribution in [0.25, 0.3) is 0 Å². The Morgan fingerprint density at radius 1 is 1.22 bits per heavy atom. The van der Waals surface area contributed by atoms with Gasteiger partial charge in [0.05, 0.1) is 12.7 Å². The van der Waals surface area contributed by atoms with Crippen LogP contribution in [0.15, 0.2) is 69.5 Å². The van der Waals surface area contributed by atoms with Crippen molar-refractivity contribution in [1.82, 2.24) is 5.32 Å². The second kappa shape index (κ2) is 11.8. The fraction of sp³-hybridized carbons (Fsp3) is 0.125. The summed E-state index contributed by atoms with van der Waals surface area (Å²) in [6.07, 6.45) is 0. The summed E-state index contributed by atoms with van der Waals surface area (Å²) in [7, 11) is -0.987. The molecule has 0 aliphatic heterocycles. The second-order valence-corrected chi connectivity index (χ2v) is 9.65. The summed E-state index contributed by atoms with van der Waals surface area (Å²) in [4.78, 5) is 17.4. The van der Waals surface area contributed by atoms with Crippen LogP contribution in [0, 0.1) is 18.6 Å². The molecule has 0 fully saturated rings. The van der Waals surface area contributed by atoms with Crippen molar-refractivity contribution in [3.8, 4) is 0 Å². The van der Waals surface area contributed by atoms with Gasteiger partial charge in [0.25, 0.3) is 5.91 Å².